The fourth-order valence-corrected chi connectivity index (χ4v) is 4.89. The molecule has 39 heavy (non-hydrogen) atoms. The van der Waals surface area contributed by atoms with Crippen LogP contribution in [-0.2, 0) is 33.8 Å². The van der Waals surface area contributed by atoms with Crippen molar-refractivity contribution in [1.82, 2.24) is 14.5 Å². The molecule has 0 aliphatic carbocycles. The van der Waals surface area contributed by atoms with E-state index < -0.39 is 11.2 Å². The first-order valence-corrected chi connectivity index (χ1v) is 12.9. The summed E-state index contributed by atoms with van der Waals surface area (Å²) in [5.74, 6) is 0.195. The molecule has 0 spiro atoms. The molecule has 2 amide bonds. The molecule has 2 aromatic carbocycles. The van der Waals surface area contributed by atoms with E-state index in [1.165, 1.54) is 24.9 Å². The van der Waals surface area contributed by atoms with Crippen molar-refractivity contribution in [2.75, 3.05) is 45.9 Å². The lowest BCUT2D eigenvalue weighted by Gasteiger charge is -2.30. The maximum absolute atomic E-state index is 13.7. The van der Waals surface area contributed by atoms with Gasteiger partial charge in [0.1, 0.15) is 6.54 Å². The van der Waals surface area contributed by atoms with Gasteiger partial charge in [0.15, 0.2) is 11.5 Å². The van der Waals surface area contributed by atoms with Crippen LogP contribution in [0.15, 0.2) is 46.0 Å². The maximum atomic E-state index is 13.7. The average molecular weight is 539 g/mol. The van der Waals surface area contributed by atoms with Gasteiger partial charge >= 0.3 is 5.69 Å². The van der Waals surface area contributed by atoms with Gasteiger partial charge in [-0.3, -0.25) is 23.5 Å². The Morgan fingerprint density at radius 2 is 1.74 bits per heavy atom. The summed E-state index contributed by atoms with van der Waals surface area (Å²) in [5, 5.41) is 2.93. The fourth-order valence-electron chi connectivity index (χ4n) is 4.89. The van der Waals surface area contributed by atoms with E-state index in [1.54, 1.807) is 18.1 Å². The number of carbonyl (C=O) groups is 2. The van der Waals surface area contributed by atoms with Gasteiger partial charge < -0.3 is 24.4 Å². The topological polar surface area (TPSA) is 121 Å². The lowest BCUT2D eigenvalue weighted by molar-refractivity contribution is -0.121. The number of carbonyl (C=O) groups excluding carboxylic acids is 2. The molecule has 0 atom stereocenters. The number of methoxy groups -OCH3 is 3. The number of aromatic nitrogens is 2. The Bertz CT molecular complexity index is 1480. The van der Waals surface area contributed by atoms with Crippen molar-refractivity contribution in [1.29, 1.82) is 0 Å². The summed E-state index contributed by atoms with van der Waals surface area (Å²) >= 11 is 0. The van der Waals surface area contributed by atoms with Crippen LogP contribution in [0.5, 0.6) is 11.5 Å². The first-order chi connectivity index (χ1) is 18.9. The second-order valence-electron chi connectivity index (χ2n) is 9.27. The summed E-state index contributed by atoms with van der Waals surface area (Å²) in [6, 6.07) is 10.8. The molecule has 1 aliphatic heterocycles. The Hall–Kier alpha value is -4.12. The number of amides is 2. The third kappa shape index (κ3) is 5.98. The van der Waals surface area contributed by atoms with E-state index in [1.807, 2.05) is 24.3 Å². The number of benzene rings is 2. The van der Waals surface area contributed by atoms with Crippen LogP contribution in [0, 0.1) is 0 Å². The molecule has 4 rings (SSSR count). The lowest BCUT2D eigenvalue weighted by atomic mass is 10.0. The molecule has 0 radical (unpaired) electrons. The van der Waals surface area contributed by atoms with Crippen LogP contribution < -0.4 is 30.9 Å². The number of nitrogens with one attached hydrogen (secondary N) is 1. The van der Waals surface area contributed by atoms with Gasteiger partial charge in [-0.05, 0) is 37.0 Å². The van der Waals surface area contributed by atoms with Crippen LogP contribution in [-0.4, -0.2) is 62.0 Å². The van der Waals surface area contributed by atoms with Gasteiger partial charge in [-0.1, -0.05) is 18.2 Å². The minimum Gasteiger partial charge on any atom is -0.493 e. The highest BCUT2D eigenvalue weighted by molar-refractivity contribution is 5.95. The first kappa shape index (κ1) is 27.9. The molecule has 1 N–H and O–H groups in total. The average Bonchev–Trinajstić information content (AvgIpc) is 2.96. The van der Waals surface area contributed by atoms with Crippen molar-refractivity contribution in [2.45, 2.75) is 38.8 Å². The summed E-state index contributed by atoms with van der Waals surface area (Å²) in [6.07, 6.45) is 2.09. The Morgan fingerprint density at radius 3 is 2.49 bits per heavy atom. The molecular formula is C28H34N4O7. The molecule has 0 fully saturated rings. The second kappa shape index (κ2) is 12.6. The number of nitrogens with zero attached hydrogens (tertiary/aromatic N) is 3. The van der Waals surface area contributed by atoms with Gasteiger partial charge in [0.2, 0.25) is 11.8 Å². The lowest BCUT2D eigenvalue weighted by Crippen LogP contribution is -2.44. The van der Waals surface area contributed by atoms with Crippen molar-refractivity contribution >= 4 is 28.4 Å². The Balaban J connectivity index is 1.71. The van der Waals surface area contributed by atoms with Crippen molar-refractivity contribution < 1.29 is 23.8 Å². The van der Waals surface area contributed by atoms with Gasteiger partial charge in [-0.15, -0.1) is 0 Å². The molecular weight excluding hydrogens is 504 g/mol. The molecule has 0 saturated heterocycles. The van der Waals surface area contributed by atoms with Gasteiger partial charge in [0.25, 0.3) is 5.56 Å². The number of aryl methyl sites for hydroxylation is 1. The van der Waals surface area contributed by atoms with E-state index in [0.717, 1.165) is 28.7 Å². The molecule has 11 nitrogen and oxygen atoms in total. The molecule has 2 heterocycles. The summed E-state index contributed by atoms with van der Waals surface area (Å²) < 4.78 is 18.1. The molecule has 1 aromatic heterocycles. The first-order valence-electron chi connectivity index (χ1n) is 12.9. The SMILES string of the molecule is COCCNC(=O)CCCn1c(=O)c2cc(OC)c(OC)cc2n(CC(=O)N2CCCc3ccccc32)c1=O. The number of rotatable bonds is 11. The third-order valence-corrected chi connectivity index (χ3v) is 6.85. The largest absolute Gasteiger partial charge is 0.493 e. The zero-order valence-corrected chi connectivity index (χ0v) is 22.5. The zero-order valence-electron chi connectivity index (χ0n) is 22.5. The van der Waals surface area contributed by atoms with Crippen LogP contribution in [0.1, 0.15) is 24.8 Å². The zero-order chi connectivity index (χ0) is 27.9. The summed E-state index contributed by atoms with van der Waals surface area (Å²) in [4.78, 5) is 54.5. The smallest absolute Gasteiger partial charge is 0.331 e. The van der Waals surface area contributed by atoms with Gasteiger partial charge in [-0.25, -0.2) is 4.79 Å². The van der Waals surface area contributed by atoms with E-state index in [9.17, 15) is 19.2 Å². The Labute approximate surface area is 225 Å². The molecule has 0 bridgehead atoms. The van der Waals surface area contributed by atoms with Gasteiger partial charge in [0, 0.05) is 44.9 Å². The third-order valence-electron chi connectivity index (χ3n) is 6.85. The standard InChI is InChI=1S/C28H34N4O7/c1-37-15-12-29-25(33)11-7-14-31-27(35)20-16-23(38-2)24(39-3)17-22(20)32(28(31)36)18-26(34)30-13-6-9-19-8-4-5-10-21(19)30/h4-5,8,10,16-17H,6-7,9,11-15,18H2,1-3H3,(H,29,33). The predicted molar refractivity (Wildman–Crippen MR) is 147 cm³/mol. The van der Waals surface area contributed by atoms with Crippen LogP contribution >= 0.6 is 0 Å². The number of hydrogen-bond acceptors (Lipinski definition) is 7. The minimum absolute atomic E-state index is 0.0143. The maximum Gasteiger partial charge on any atom is 0.331 e. The molecule has 3 aromatic rings. The van der Waals surface area contributed by atoms with E-state index in [2.05, 4.69) is 5.32 Å². The van der Waals surface area contributed by atoms with E-state index >= 15 is 0 Å². The number of hydrogen-bond donors (Lipinski definition) is 1. The highest BCUT2D eigenvalue weighted by Crippen LogP contribution is 2.31. The minimum atomic E-state index is -0.627. The van der Waals surface area contributed by atoms with Crippen molar-refractivity contribution in [3.05, 3.63) is 62.8 Å². The van der Waals surface area contributed by atoms with Gasteiger partial charge in [-0.2, -0.15) is 0 Å². The number of ether oxygens (including phenoxy) is 3. The summed E-state index contributed by atoms with van der Waals surface area (Å²) in [7, 11) is 4.46. The molecule has 208 valence electrons. The molecule has 0 saturated carbocycles. The van der Waals surface area contributed by atoms with Crippen LogP contribution in [0.4, 0.5) is 5.69 Å². The van der Waals surface area contributed by atoms with E-state index in [0.29, 0.717) is 31.2 Å². The molecule has 0 unspecified atom stereocenters. The number of anilines is 1. The fraction of sp³-hybridized carbons (Fsp3) is 0.429. The number of para-hydroxylation sites is 1. The quantitative estimate of drug-likeness (QED) is 0.369. The summed E-state index contributed by atoms with van der Waals surface area (Å²) in [6.45, 7) is 1.05. The van der Waals surface area contributed by atoms with Gasteiger partial charge in [0.05, 0.1) is 31.7 Å². The monoisotopic (exact) mass is 538 g/mol. The van der Waals surface area contributed by atoms with Crippen LogP contribution in [0.2, 0.25) is 0 Å². The van der Waals surface area contributed by atoms with E-state index in [4.69, 9.17) is 14.2 Å². The number of fused-ring (bicyclic) bond motifs is 2. The normalized spacial score (nSPS) is 12.7. The van der Waals surface area contributed by atoms with Crippen molar-refractivity contribution in [3.63, 3.8) is 0 Å². The van der Waals surface area contributed by atoms with Crippen molar-refractivity contribution in [3.8, 4) is 11.5 Å². The highest BCUT2D eigenvalue weighted by atomic mass is 16.5. The van der Waals surface area contributed by atoms with E-state index in [-0.39, 0.29) is 48.6 Å². The Kier molecular flexibility index (Phi) is 9.03. The molecule has 11 heteroatoms. The predicted octanol–water partition coefficient (Wildman–Crippen LogP) is 1.70. The van der Waals surface area contributed by atoms with Crippen molar-refractivity contribution in [2.24, 2.45) is 0 Å². The highest BCUT2D eigenvalue weighted by Gasteiger charge is 2.25. The van der Waals surface area contributed by atoms with Crippen LogP contribution in [0.25, 0.3) is 10.9 Å². The Morgan fingerprint density at radius 1 is 1.00 bits per heavy atom. The van der Waals surface area contributed by atoms with Crippen LogP contribution in [0.3, 0.4) is 0 Å². The summed E-state index contributed by atoms with van der Waals surface area (Å²) in [5.41, 5.74) is 1.03. The second-order valence-corrected chi connectivity index (χ2v) is 9.27. The molecule has 1 aliphatic rings.